The van der Waals surface area contributed by atoms with Crippen molar-refractivity contribution in [3.05, 3.63) is 59.9 Å². The maximum atomic E-state index is 13.6. The van der Waals surface area contributed by atoms with Gasteiger partial charge in [0.15, 0.2) is 0 Å². The molecule has 0 spiro atoms. The summed E-state index contributed by atoms with van der Waals surface area (Å²) < 4.78 is 13.6. The summed E-state index contributed by atoms with van der Waals surface area (Å²) in [6.45, 7) is 0. The molecular formula is C16H11FN4S. The Morgan fingerprint density at radius 2 is 1.77 bits per heavy atom. The van der Waals surface area contributed by atoms with Gasteiger partial charge in [-0.3, -0.25) is 5.43 Å². The summed E-state index contributed by atoms with van der Waals surface area (Å²) >= 11 is 1.44. The van der Waals surface area contributed by atoms with Gasteiger partial charge in [0, 0.05) is 10.6 Å². The standard InChI is InChI=1S/C16H11FN4S/c17-14-6-2-1-5-12(14)11-22-16-8-4-3-7-15(16)21-20-13(9-18)10-19/h1-8,21H,11H2. The average Bonchev–Trinajstić information content (AvgIpc) is 2.56. The second-order valence-electron chi connectivity index (χ2n) is 4.17. The van der Waals surface area contributed by atoms with Crippen molar-refractivity contribution in [3.8, 4) is 12.1 Å². The number of nitrogens with zero attached hydrogens (tertiary/aromatic N) is 3. The van der Waals surface area contributed by atoms with E-state index in [2.05, 4.69) is 10.5 Å². The summed E-state index contributed by atoms with van der Waals surface area (Å²) in [5, 5.41) is 21.1. The van der Waals surface area contributed by atoms with Crippen molar-refractivity contribution >= 4 is 23.2 Å². The molecular weight excluding hydrogens is 299 g/mol. The van der Waals surface area contributed by atoms with Gasteiger partial charge in [0.25, 0.3) is 0 Å². The van der Waals surface area contributed by atoms with E-state index in [-0.39, 0.29) is 11.5 Å². The lowest BCUT2D eigenvalue weighted by Gasteiger charge is -2.08. The molecule has 2 aromatic rings. The Hall–Kier alpha value is -2.83. The van der Waals surface area contributed by atoms with Crippen molar-refractivity contribution < 1.29 is 4.39 Å². The second-order valence-corrected chi connectivity index (χ2v) is 5.19. The number of thioether (sulfide) groups is 1. The molecule has 0 aliphatic carbocycles. The van der Waals surface area contributed by atoms with Gasteiger partial charge in [-0.25, -0.2) is 4.39 Å². The number of nitriles is 2. The van der Waals surface area contributed by atoms with Crippen LogP contribution >= 0.6 is 11.8 Å². The zero-order chi connectivity index (χ0) is 15.8. The first kappa shape index (κ1) is 15.6. The summed E-state index contributed by atoms with van der Waals surface area (Å²) in [4.78, 5) is 0.852. The van der Waals surface area contributed by atoms with Crippen LogP contribution in [0.2, 0.25) is 0 Å². The van der Waals surface area contributed by atoms with E-state index in [0.29, 0.717) is 17.0 Å². The Kier molecular flexibility index (Phi) is 5.53. The summed E-state index contributed by atoms with van der Waals surface area (Å²) in [5.41, 5.74) is 3.71. The highest BCUT2D eigenvalue weighted by Gasteiger charge is 2.05. The van der Waals surface area contributed by atoms with Crippen LogP contribution in [-0.4, -0.2) is 5.71 Å². The zero-order valence-electron chi connectivity index (χ0n) is 11.5. The number of anilines is 1. The first-order valence-electron chi connectivity index (χ1n) is 6.33. The Balaban J connectivity index is 2.13. The summed E-state index contributed by atoms with van der Waals surface area (Å²) in [6.07, 6.45) is 0. The fraction of sp³-hybridized carbons (Fsp3) is 0.0625. The van der Waals surface area contributed by atoms with Crippen LogP contribution in [0.3, 0.4) is 0 Å². The number of nitrogens with one attached hydrogen (secondary N) is 1. The number of halogens is 1. The third kappa shape index (κ3) is 4.08. The fourth-order valence-corrected chi connectivity index (χ4v) is 2.64. The third-order valence-corrected chi connectivity index (χ3v) is 3.85. The van der Waals surface area contributed by atoms with Crippen LogP contribution in [0.5, 0.6) is 0 Å². The fourth-order valence-electron chi connectivity index (χ4n) is 1.65. The van der Waals surface area contributed by atoms with Gasteiger partial charge in [0.05, 0.1) is 5.69 Å². The maximum Gasteiger partial charge on any atom is 0.237 e. The molecule has 1 N–H and O–H groups in total. The molecule has 0 aliphatic heterocycles. The van der Waals surface area contributed by atoms with Gasteiger partial charge < -0.3 is 0 Å². The van der Waals surface area contributed by atoms with Crippen molar-refractivity contribution in [2.45, 2.75) is 10.6 Å². The molecule has 0 heterocycles. The van der Waals surface area contributed by atoms with E-state index in [1.807, 2.05) is 18.2 Å². The lowest BCUT2D eigenvalue weighted by molar-refractivity contribution is 0.617. The van der Waals surface area contributed by atoms with Crippen LogP contribution in [0, 0.1) is 28.5 Å². The molecule has 22 heavy (non-hydrogen) atoms. The Morgan fingerprint density at radius 1 is 1.09 bits per heavy atom. The van der Waals surface area contributed by atoms with E-state index in [1.165, 1.54) is 17.8 Å². The van der Waals surface area contributed by atoms with Crippen LogP contribution in [-0.2, 0) is 5.75 Å². The third-order valence-electron chi connectivity index (χ3n) is 2.73. The molecule has 0 unspecified atom stereocenters. The van der Waals surface area contributed by atoms with Crippen LogP contribution in [0.4, 0.5) is 10.1 Å². The lowest BCUT2D eigenvalue weighted by Crippen LogP contribution is -1.97. The minimum Gasteiger partial charge on any atom is -0.275 e. The SMILES string of the molecule is N#CC(C#N)=NNc1ccccc1SCc1ccccc1F. The molecule has 0 bridgehead atoms. The molecule has 0 saturated carbocycles. The van der Waals surface area contributed by atoms with Gasteiger partial charge in [-0.05, 0) is 23.8 Å². The summed E-state index contributed by atoms with van der Waals surface area (Å²) in [5.74, 6) is 0.230. The van der Waals surface area contributed by atoms with E-state index < -0.39 is 0 Å². The minimum absolute atomic E-state index is 0.241. The molecule has 0 radical (unpaired) electrons. The number of hydrogen-bond acceptors (Lipinski definition) is 5. The zero-order valence-corrected chi connectivity index (χ0v) is 12.3. The molecule has 0 aliphatic rings. The van der Waals surface area contributed by atoms with E-state index >= 15 is 0 Å². The predicted molar refractivity (Wildman–Crippen MR) is 84.7 cm³/mol. The van der Waals surface area contributed by atoms with Gasteiger partial charge in [0.1, 0.15) is 18.0 Å². The van der Waals surface area contributed by atoms with Crippen molar-refractivity contribution in [1.82, 2.24) is 0 Å². The van der Waals surface area contributed by atoms with Crippen molar-refractivity contribution in [2.75, 3.05) is 5.43 Å². The van der Waals surface area contributed by atoms with E-state index in [9.17, 15) is 4.39 Å². The molecule has 0 fully saturated rings. The quantitative estimate of drug-likeness (QED) is 0.516. The lowest BCUT2D eigenvalue weighted by atomic mass is 10.2. The molecule has 6 heteroatoms. The molecule has 2 aromatic carbocycles. The van der Waals surface area contributed by atoms with Crippen LogP contribution in [0.1, 0.15) is 5.56 Å². The Bertz CT molecular complexity index is 758. The highest BCUT2D eigenvalue weighted by atomic mass is 32.2. The largest absolute Gasteiger partial charge is 0.275 e. The number of hydrazone groups is 1. The van der Waals surface area contributed by atoms with E-state index in [0.717, 1.165) is 4.90 Å². The number of benzene rings is 2. The average molecular weight is 310 g/mol. The van der Waals surface area contributed by atoms with Gasteiger partial charge in [-0.1, -0.05) is 30.3 Å². The summed E-state index contributed by atoms with van der Waals surface area (Å²) in [6, 6.07) is 17.3. The van der Waals surface area contributed by atoms with Gasteiger partial charge >= 0.3 is 0 Å². The van der Waals surface area contributed by atoms with Crippen molar-refractivity contribution in [2.24, 2.45) is 5.10 Å². The second kappa shape index (κ2) is 7.82. The van der Waals surface area contributed by atoms with Crippen molar-refractivity contribution in [3.63, 3.8) is 0 Å². The Morgan fingerprint density at radius 3 is 2.50 bits per heavy atom. The molecule has 2 rings (SSSR count). The molecule has 0 atom stereocenters. The van der Waals surface area contributed by atoms with E-state index in [1.54, 1.807) is 36.4 Å². The van der Waals surface area contributed by atoms with Gasteiger partial charge in [0.2, 0.25) is 5.71 Å². The number of rotatable bonds is 5. The predicted octanol–water partition coefficient (Wildman–Crippen LogP) is 3.93. The minimum atomic E-state index is -0.256. The van der Waals surface area contributed by atoms with Gasteiger partial charge in [-0.15, -0.1) is 11.8 Å². The first-order chi connectivity index (χ1) is 10.7. The molecule has 4 nitrogen and oxygen atoms in total. The Labute approximate surface area is 131 Å². The molecule has 0 aromatic heterocycles. The molecule has 108 valence electrons. The monoisotopic (exact) mass is 310 g/mol. The first-order valence-corrected chi connectivity index (χ1v) is 7.32. The highest BCUT2D eigenvalue weighted by Crippen LogP contribution is 2.30. The summed E-state index contributed by atoms with van der Waals surface area (Å²) in [7, 11) is 0. The highest BCUT2D eigenvalue weighted by molar-refractivity contribution is 7.98. The van der Waals surface area contributed by atoms with Gasteiger partial charge in [-0.2, -0.15) is 15.6 Å². The van der Waals surface area contributed by atoms with Crippen LogP contribution < -0.4 is 5.43 Å². The topological polar surface area (TPSA) is 72.0 Å². The number of para-hydroxylation sites is 1. The van der Waals surface area contributed by atoms with Crippen molar-refractivity contribution in [1.29, 1.82) is 10.5 Å². The molecule has 0 saturated heterocycles. The normalized spacial score (nSPS) is 9.41. The smallest absolute Gasteiger partial charge is 0.237 e. The molecule has 0 amide bonds. The van der Waals surface area contributed by atoms with Crippen LogP contribution in [0.25, 0.3) is 0 Å². The maximum absolute atomic E-state index is 13.6. The van der Waals surface area contributed by atoms with Crippen LogP contribution in [0.15, 0.2) is 58.5 Å². The number of hydrogen-bond donors (Lipinski definition) is 1. The van der Waals surface area contributed by atoms with E-state index in [4.69, 9.17) is 10.5 Å².